The zero-order chi connectivity index (χ0) is 13.7. The van der Waals surface area contributed by atoms with E-state index in [9.17, 15) is 4.79 Å². The third-order valence-electron chi connectivity index (χ3n) is 3.20. The lowest BCUT2D eigenvalue weighted by atomic mass is 9.99. The van der Waals surface area contributed by atoms with Gasteiger partial charge in [0.05, 0.1) is 6.21 Å². The van der Waals surface area contributed by atoms with Crippen molar-refractivity contribution in [1.82, 2.24) is 5.43 Å². The number of hydrogen-bond donors (Lipinski definition) is 2. The van der Waals surface area contributed by atoms with Crippen LogP contribution in [0.1, 0.15) is 30.9 Å². The number of nitrogens with zero attached hydrogens (tertiary/aromatic N) is 2. The molecule has 0 aromatic heterocycles. The van der Waals surface area contributed by atoms with Gasteiger partial charge in [-0.3, -0.25) is 0 Å². The van der Waals surface area contributed by atoms with Crippen LogP contribution in [0.2, 0.25) is 0 Å². The van der Waals surface area contributed by atoms with Crippen molar-refractivity contribution in [2.45, 2.75) is 26.2 Å². The van der Waals surface area contributed by atoms with E-state index in [0.717, 1.165) is 31.5 Å². The van der Waals surface area contributed by atoms with E-state index >= 15 is 0 Å². The van der Waals surface area contributed by atoms with Crippen molar-refractivity contribution in [3.63, 3.8) is 0 Å². The van der Waals surface area contributed by atoms with Crippen LogP contribution in [0.25, 0.3) is 0 Å². The lowest BCUT2D eigenvalue weighted by Gasteiger charge is -2.31. The Bertz CT molecular complexity index is 484. The highest BCUT2D eigenvalue weighted by atomic mass is 16.2. The van der Waals surface area contributed by atoms with Crippen molar-refractivity contribution in [2.24, 2.45) is 10.8 Å². The number of urea groups is 1. The summed E-state index contributed by atoms with van der Waals surface area (Å²) in [4.78, 5) is 13.0. The van der Waals surface area contributed by atoms with Crippen molar-refractivity contribution >= 4 is 17.9 Å². The Hall–Kier alpha value is -2.04. The molecule has 5 heteroatoms. The maximum atomic E-state index is 10.5. The highest BCUT2D eigenvalue weighted by Gasteiger charge is 2.15. The van der Waals surface area contributed by atoms with Crippen LogP contribution < -0.4 is 16.1 Å². The molecular weight excluding hydrogens is 240 g/mol. The van der Waals surface area contributed by atoms with Gasteiger partial charge in [-0.1, -0.05) is 13.0 Å². The number of fused-ring (bicyclic) bond motifs is 1. The third kappa shape index (κ3) is 3.47. The van der Waals surface area contributed by atoms with E-state index in [2.05, 4.69) is 34.5 Å². The minimum Gasteiger partial charge on any atom is -0.371 e. The third-order valence-corrected chi connectivity index (χ3v) is 3.20. The second kappa shape index (κ2) is 6.22. The van der Waals surface area contributed by atoms with Crippen molar-refractivity contribution in [3.8, 4) is 0 Å². The number of benzene rings is 1. The van der Waals surface area contributed by atoms with E-state index in [1.54, 1.807) is 6.21 Å². The number of nitrogens with two attached hydrogens (primary N) is 1. The lowest BCUT2D eigenvalue weighted by molar-refractivity contribution is 0.249. The quantitative estimate of drug-likeness (QED) is 0.640. The Morgan fingerprint density at radius 1 is 1.58 bits per heavy atom. The van der Waals surface area contributed by atoms with Gasteiger partial charge in [-0.15, -0.1) is 0 Å². The van der Waals surface area contributed by atoms with Gasteiger partial charge in [-0.05, 0) is 42.5 Å². The first-order chi connectivity index (χ1) is 9.20. The number of nitrogens with one attached hydrogen (secondary N) is 1. The molecule has 1 heterocycles. The summed E-state index contributed by atoms with van der Waals surface area (Å²) < 4.78 is 0. The van der Waals surface area contributed by atoms with Crippen molar-refractivity contribution < 1.29 is 4.79 Å². The first-order valence-electron chi connectivity index (χ1n) is 6.67. The number of anilines is 1. The van der Waals surface area contributed by atoms with E-state index in [0.29, 0.717) is 0 Å². The van der Waals surface area contributed by atoms with Crippen LogP contribution in [0.4, 0.5) is 10.5 Å². The molecule has 0 aliphatic carbocycles. The fourth-order valence-corrected chi connectivity index (χ4v) is 2.45. The Morgan fingerprint density at radius 3 is 3.16 bits per heavy atom. The van der Waals surface area contributed by atoms with Crippen LogP contribution in [0.15, 0.2) is 23.3 Å². The van der Waals surface area contributed by atoms with Gasteiger partial charge in [0.25, 0.3) is 0 Å². The van der Waals surface area contributed by atoms with Crippen LogP contribution in [0, 0.1) is 0 Å². The zero-order valence-corrected chi connectivity index (χ0v) is 11.2. The summed E-state index contributed by atoms with van der Waals surface area (Å²) >= 11 is 0. The molecule has 1 aliphatic heterocycles. The minimum atomic E-state index is -0.650. The van der Waals surface area contributed by atoms with E-state index in [-0.39, 0.29) is 0 Å². The zero-order valence-electron chi connectivity index (χ0n) is 11.2. The molecule has 2 amide bonds. The highest BCUT2D eigenvalue weighted by molar-refractivity contribution is 5.82. The predicted molar refractivity (Wildman–Crippen MR) is 77.6 cm³/mol. The highest BCUT2D eigenvalue weighted by Crippen LogP contribution is 2.27. The second-order valence-corrected chi connectivity index (χ2v) is 4.71. The number of hydrazone groups is 1. The molecule has 1 aromatic carbocycles. The van der Waals surface area contributed by atoms with E-state index < -0.39 is 6.03 Å². The summed E-state index contributed by atoms with van der Waals surface area (Å²) in [5, 5.41) is 3.78. The number of amides is 2. The number of carbonyl (C=O) groups is 1. The molecule has 1 aliphatic rings. The summed E-state index contributed by atoms with van der Waals surface area (Å²) in [6, 6.07) is 5.63. The molecule has 0 saturated heterocycles. The van der Waals surface area contributed by atoms with Gasteiger partial charge in [0, 0.05) is 18.8 Å². The molecule has 2 rings (SSSR count). The topological polar surface area (TPSA) is 70.7 Å². The molecule has 3 N–H and O–H groups in total. The largest absolute Gasteiger partial charge is 0.371 e. The molecular formula is C14H20N4O. The van der Waals surface area contributed by atoms with Crippen molar-refractivity contribution in [1.29, 1.82) is 0 Å². The molecule has 0 fully saturated rings. The normalized spacial score (nSPS) is 14.5. The second-order valence-electron chi connectivity index (χ2n) is 4.71. The molecule has 0 atom stereocenters. The SMILES string of the molecule is CCCN1CCCc2cc(C=NNC(N)=O)ccc21. The average Bonchev–Trinajstić information content (AvgIpc) is 2.39. The van der Waals surface area contributed by atoms with Gasteiger partial charge in [0.2, 0.25) is 0 Å². The standard InChI is InChI=1S/C14H20N4O/c1-2-7-18-8-3-4-12-9-11(5-6-13(12)18)10-16-17-14(15)19/h5-6,9-10H,2-4,7-8H2,1H3,(H3,15,17,19). The molecule has 0 bridgehead atoms. The van der Waals surface area contributed by atoms with Crippen LogP contribution >= 0.6 is 0 Å². The Balaban J connectivity index is 2.14. The first-order valence-corrected chi connectivity index (χ1v) is 6.67. The number of primary amides is 1. The molecule has 19 heavy (non-hydrogen) atoms. The molecule has 0 saturated carbocycles. The molecule has 102 valence electrons. The number of hydrogen-bond acceptors (Lipinski definition) is 3. The smallest absolute Gasteiger partial charge is 0.332 e. The summed E-state index contributed by atoms with van der Waals surface area (Å²) in [7, 11) is 0. The fraction of sp³-hybridized carbons (Fsp3) is 0.429. The predicted octanol–water partition coefficient (Wildman–Crippen LogP) is 1.85. The Labute approximate surface area is 113 Å². The van der Waals surface area contributed by atoms with Crippen LogP contribution in [-0.2, 0) is 6.42 Å². The van der Waals surface area contributed by atoms with Gasteiger partial charge in [-0.25, -0.2) is 10.2 Å². The van der Waals surface area contributed by atoms with E-state index in [1.807, 2.05) is 6.07 Å². The van der Waals surface area contributed by atoms with Crippen molar-refractivity contribution in [3.05, 3.63) is 29.3 Å². The van der Waals surface area contributed by atoms with Gasteiger partial charge >= 0.3 is 6.03 Å². The van der Waals surface area contributed by atoms with Gasteiger partial charge in [0.15, 0.2) is 0 Å². The van der Waals surface area contributed by atoms with E-state index in [4.69, 9.17) is 5.73 Å². The van der Waals surface area contributed by atoms with Crippen molar-refractivity contribution in [2.75, 3.05) is 18.0 Å². The fourth-order valence-electron chi connectivity index (χ4n) is 2.45. The maximum Gasteiger partial charge on any atom is 0.332 e. The van der Waals surface area contributed by atoms with Gasteiger partial charge < -0.3 is 10.6 Å². The van der Waals surface area contributed by atoms with Crippen LogP contribution in [0.3, 0.4) is 0 Å². The summed E-state index contributed by atoms with van der Waals surface area (Å²) in [6.45, 7) is 4.44. The number of carbonyl (C=O) groups excluding carboxylic acids is 1. The average molecular weight is 260 g/mol. The molecule has 0 radical (unpaired) electrons. The summed E-state index contributed by atoms with van der Waals surface area (Å²) in [5.41, 5.74) is 10.8. The molecule has 5 nitrogen and oxygen atoms in total. The van der Waals surface area contributed by atoms with Gasteiger partial charge in [0.1, 0.15) is 0 Å². The Kier molecular flexibility index (Phi) is 4.39. The summed E-state index contributed by atoms with van der Waals surface area (Å²) in [6.07, 6.45) is 5.06. The number of rotatable bonds is 4. The maximum absolute atomic E-state index is 10.5. The van der Waals surface area contributed by atoms with E-state index in [1.165, 1.54) is 17.7 Å². The molecule has 1 aromatic rings. The van der Waals surface area contributed by atoms with Gasteiger partial charge in [-0.2, -0.15) is 5.10 Å². The Morgan fingerprint density at radius 2 is 2.42 bits per heavy atom. The first kappa shape index (κ1) is 13.4. The van der Waals surface area contributed by atoms with Crippen LogP contribution in [0.5, 0.6) is 0 Å². The number of aryl methyl sites for hydroxylation is 1. The summed E-state index contributed by atoms with van der Waals surface area (Å²) in [5.74, 6) is 0. The van der Waals surface area contributed by atoms with Crippen LogP contribution in [-0.4, -0.2) is 25.3 Å². The molecule has 0 spiro atoms. The lowest BCUT2D eigenvalue weighted by Crippen LogP contribution is -2.30. The minimum absolute atomic E-state index is 0.650. The molecule has 0 unspecified atom stereocenters. The monoisotopic (exact) mass is 260 g/mol.